The van der Waals surface area contributed by atoms with E-state index in [4.69, 9.17) is 0 Å². The lowest BCUT2D eigenvalue weighted by atomic mass is 10.2. The smallest absolute Gasteiger partial charge is 0.267 e. The first-order valence-corrected chi connectivity index (χ1v) is 7.68. The Hall–Kier alpha value is -2.73. The molecular weight excluding hydrogens is 315 g/mol. The standard InChI is InChI=1S/C17H13FN2O2S/c1-10-15(16(22)20-13-3-2-4-14(21)9-13)23-17(19-10)11-5-7-12(18)8-6-11/h2-9,21H,1H3,(H,20,22). The molecule has 23 heavy (non-hydrogen) atoms. The van der Waals surface area contributed by atoms with Gasteiger partial charge in [-0.05, 0) is 43.3 Å². The molecule has 0 fully saturated rings. The highest BCUT2D eigenvalue weighted by molar-refractivity contribution is 7.17. The first-order chi connectivity index (χ1) is 11.0. The highest BCUT2D eigenvalue weighted by Crippen LogP contribution is 2.29. The highest BCUT2D eigenvalue weighted by atomic mass is 32.1. The third-order valence-corrected chi connectivity index (χ3v) is 4.40. The fraction of sp³-hybridized carbons (Fsp3) is 0.0588. The van der Waals surface area contributed by atoms with Gasteiger partial charge in [0, 0.05) is 17.3 Å². The summed E-state index contributed by atoms with van der Waals surface area (Å²) in [6, 6.07) is 12.3. The fourth-order valence-electron chi connectivity index (χ4n) is 2.09. The number of aromatic hydroxyl groups is 1. The van der Waals surface area contributed by atoms with Crippen molar-refractivity contribution in [3.05, 3.63) is 64.9 Å². The van der Waals surface area contributed by atoms with Crippen LogP contribution in [0.1, 0.15) is 15.4 Å². The number of phenols is 1. The van der Waals surface area contributed by atoms with E-state index in [1.807, 2.05) is 0 Å². The van der Waals surface area contributed by atoms with E-state index in [0.717, 1.165) is 5.56 Å². The van der Waals surface area contributed by atoms with Gasteiger partial charge in [-0.1, -0.05) is 6.07 Å². The summed E-state index contributed by atoms with van der Waals surface area (Å²) in [4.78, 5) is 17.2. The van der Waals surface area contributed by atoms with E-state index >= 15 is 0 Å². The van der Waals surface area contributed by atoms with Gasteiger partial charge in [0.2, 0.25) is 0 Å². The molecule has 0 radical (unpaired) electrons. The second-order valence-electron chi connectivity index (χ2n) is 4.94. The number of hydrogen-bond donors (Lipinski definition) is 2. The first-order valence-electron chi connectivity index (χ1n) is 6.86. The van der Waals surface area contributed by atoms with Crippen molar-refractivity contribution >= 4 is 22.9 Å². The average molecular weight is 328 g/mol. The lowest BCUT2D eigenvalue weighted by Gasteiger charge is -2.04. The molecule has 0 saturated carbocycles. The predicted molar refractivity (Wildman–Crippen MR) is 88.3 cm³/mol. The molecule has 2 aromatic carbocycles. The number of benzene rings is 2. The van der Waals surface area contributed by atoms with E-state index < -0.39 is 0 Å². The molecule has 0 bridgehead atoms. The Kier molecular flexibility index (Phi) is 4.08. The van der Waals surface area contributed by atoms with E-state index in [-0.39, 0.29) is 17.5 Å². The Bertz CT molecular complexity index is 859. The van der Waals surface area contributed by atoms with Crippen LogP contribution in [0.25, 0.3) is 10.6 Å². The Labute approximate surface area is 136 Å². The van der Waals surface area contributed by atoms with Crippen LogP contribution in [0.15, 0.2) is 48.5 Å². The minimum atomic E-state index is -0.316. The number of thiazole rings is 1. The van der Waals surface area contributed by atoms with Crippen LogP contribution in [0.2, 0.25) is 0 Å². The second-order valence-corrected chi connectivity index (χ2v) is 5.94. The van der Waals surface area contributed by atoms with E-state index in [1.165, 1.54) is 35.6 Å². The van der Waals surface area contributed by atoms with E-state index in [9.17, 15) is 14.3 Å². The maximum atomic E-state index is 13.0. The van der Waals surface area contributed by atoms with Gasteiger partial charge in [-0.25, -0.2) is 9.37 Å². The number of hydrogen-bond acceptors (Lipinski definition) is 4. The van der Waals surface area contributed by atoms with Gasteiger partial charge in [-0.3, -0.25) is 4.79 Å². The summed E-state index contributed by atoms with van der Waals surface area (Å²) in [6.45, 7) is 1.75. The summed E-state index contributed by atoms with van der Waals surface area (Å²) in [7, 11) is 0. The van der Waals surface area contributed by atoms with Gasteiger partial charge in [-0.15, -0.1) is 11.3 Å². The predicted octanol–water partition coefficient (Wildman–Crippen LogP) is 4.22. The van der Waals surface area contributed by atoms with Crippen molar-refractivity contribution < 1.29 is 14.3 Å². The van der Waals surface area contributed by atoms with Crippen molar-refractivity contribution in [1.29, 1.82) is 0 Å². The molecule has 0 spiro atoms. The van der Waals surface area contributed by atoms with Gasteiger partial charge in [0.1, 0.15) is 21.5 Å². The number of phenolic OH excluding ortho intramolecular Hbond substituents is 1. The molecular formula is C17H13FN2O2S. The molecule has 1 aromatic heterocycles. The zero-order valence-electron chi connectivity index (χ0n) is 12.2. The summed E-state index contributed by atoms with van der Waals surface area (Å²) >= 11 is 1.24. The van der Waals surface area contributed by atoms with Gasteiger partial charge in [-0.2, -0.15) is 0 Å². The van der Waals surface area contributed by atoms with Gasteiger partial charge >= 0.3 is 0 Å². The minimum Gasteiger partial charge on any atom is -0.508 e. The van der Waals surface area contributed by atoms with Gasteiger partial charge < -0.3 is 10.4 Å². The number of nitrogens with zero attached hydrogens (tertiary/aromatic N) is 1. The van der Waals surface area contributed by atoms with Crippen molar-refractivity contribution in [2.24, 2.45) is 0 Å². The van der Waals surface area contributed by atoms with Gasteiger partial charge in [0.25, 0.3) is 5.91 Å². The van der Waals surface area contributed by atoms with Crippen LogP contribution in [-0.4, -0.2) is 16.0 Å². The molecule has 4 nitrogen and oxygen atoms in total. The number of aromatic nitrogens is 1. The number of carbonyl (C=O) groups excluding carboxylic acids is 1. The molecule has 2 N–H and O–H groups in total. The summed E-state index contributed by atoms with van der Waals surface area (Å²) in [5.74, 6) is -0.529. The molecule has 3 rings (SSSR count). The van der Waals surface area contributed by atoms with E-state index in [1.54, 1.807) is 31.2 Å². The Morgan fingerprint density at radius 2 is 1.96 bits per heavy atom. The molecule has 0 aliphatic carbocycles. The van der Waals surface area contributed by atoms with Crippen LogP contribution >= 0.6 is 11.3 Å². The molecule has 0 aliphatic rings. The molecule has 0 aliphatic heterocycles. The molecule has 0 atom stereocenters. The van der Waals surface area contributed by atoms with Crippen LogP contribution in [0.5, 0.6) is 5.75 Å². The number of halogens is 1. The summed E-state index contributed by atoms with van der Waals surface area (Å²) in [6.07, 6.45) is 0. The lowest BCUT2D eigenvalue weighted by molar-refractivity contribution is 0.103. The number of carbonyl (C=O) groups is 1. The molecule has 6 heteroatoms. The van der Waals surface area contributed by atoms with Crippen molar-refractivity contribution in [3.63, 3.8) is 0 Å². The van der Waals surface area contributed by atoms with Crippen molar-refractivity contribution in [2.75, 3.05) is 5.32 Å². The molecule has 0 saturated heterocycles. The van der Waals surface area contributed by atoms with E-state index in [2.05, 4.69) is 10.3 Å². The zero-order chi connectivity index (χ0) is 16.4. The van der Waals surface area contributed by atoms with Crippen LogP contribution in [0.3, 0.4) is 0 Å². The maximum Gasteiger partial charge on any atom is 0.267 e. The molecule has 1 heterocycles. The van der Waals surface area contributed by atoms with Crippen LogP contribution in [0.4, 0.5) is 10.1 Å². The third-order valence-electron chi connectivity index (χ3n) is 3.20. The van der Waals surface area contributed by atoms with Crippen molar-refractivity contribution in [3.8, 4) is 16.3 Å². The van der Waals surface area contributed by atoms with E-state index in [0.29, 0.717) is 21.3 Å². The highest BCUT2D eigenvalue weighted by Gasteiger charge is 2.16. The second kappa shape index (κ2) is 6.18. The first kappa shape index (κ1) is 15.2. The van der Waals surface area contributed by atoms with Crippen molar-refractivity contribution in [2.45, 2.75) is 6.92 Å². The number of rotatable bonds is 3. The van der Waals surface area contributed by atoms with Crippen LogP contribution in [-0.2, 0) is 0 Å². The zero-order valence-corrected chi connectivity index (χ0v) is 13.0. The number of anilines is 1. The minimum absolute atomic E-state index is 0.0795. The fourth-order valence-corrected chi connectivity index (χ4v) is 3.06. The lowest BCUT2D eigenvalue weighted by Crippen LogP contribution is -2.11. The molecule has 116 valence electrons. The quantitative estimate of drug-likeness (QED) is 0.757. The number of aryl methyl sites for hydroxylation is 1. The molecule has 0 unspecified atom stereocenters. The topological polar surface area (TPSA) is 62.2 Å². The summed E-state index contributed by atoms with van der Waals surface area (Å²) in [5, 5.41) is 12.8. The monoisotopic (exact) mass is 328 g/mol. The summed E-state index contributed by atoms with van der Waals surface area (Å²) in [5.41, 5.74) is 1.87. The number of nitrogens with one attached hydrogen (secondary N) is 1. The van der Waals surface area contributed by atoms with Crippen LogP contribution < -0.4 is 5.32 Å². The normalized spacial score (nSPS) is 10.5. The Balaban J connectivity index is 1.85. The third kappa shape index (κ3) is 3.37. The Morgan fingerprint density at radius 1 is 1.22 bits per heavy atom. The van der Waals surface area contributed by atoms with Gasteiger partial charge in [0.15, 0.2) is 0 Å². The molecule has 3 aromatic rings. The van der Waals surface area contributed by atoms with Crippen LogP contribution in [0, 0.1) is 12.7 Å². The average Bonchev–Trinajstić information content (AvgIpc) is 2.90. The van der Waals surface area contributed by atoms with Crippen molar-refractivity contribution in [1.82, 2.24) is 4.98 Å². The SMILES string of the molecule is Cc1nc(-c2ccc(F)cc2)sc1C(=O)Nc1cccc(O)c1. The Morgan fingerprint density at radius 3 is 2.65 bits per heavy atom. The maximum absolute atomic E-state index is 13.0. The summed E-state index contributed by atoms with van der Waals surface area (Å²) < 4.78 is 13.0. The largest absolute Gasteiger partial charge is 0.508 e. The molecule has 1 amide bonds. The van der Waals surface area contributed by atoms with Gasteiger partial charge in [0.05, 0.1) is 5.69 Å². The number of amides is 1.